The standard InChI is InChI=1S/C30H24OP2.C14H10N4O2.C9H12.Cu/c1-4-14-24(15-5-1)32-29-22-12-10-20-27(29)31-28-21-11-13-23-30(28)33(25-16-6-2-7-17-25)26-18-8-3-9-19-26;19-14(20)10-6-4-9(5-7-10)12-16-13(18-17-12)11-3-1-2-8-15-11;1-2-6-9-7-4-3-5-8-9;/h1-23,32H;1-8H,(H2,15,16,17,18,19,20);3-5,7-8H,2,6H2,1H3;/q;;;+1/p-1. The van der Waals surface area contributed by atoms with Crippen molar-refractivity contribution in [3.05, 3.63) is 230 Å². The molecule has 0 aliphatic rings. The third-order valence-corrected chi connectivity index (χ3v) is 13.2. The maximum Gasteiger partial charge on any atom is 1.00 e. The van der Waals surface area contributed by atoms with E-state index in [4.69, 9.17) is 9.84 Å². The van der Waals surface area contributed by atoms with Gasteiger partial charge >= 0.3 is 23.0 Å². The number of aromatic nitrogens is 4. The zero-order valence-corrected chi connectivity index (χ0v) is 37.3. The summed E-state index contributed by atoms with van der Waals surface area (Å²) < 4.78 is 6.66. The monoisotopic (exact) mass is 910 g/mol. The minimum absolute atomic E-state index is 0. The molecule has 316 valence electrons. The number of carboxylic acid groups (broad SMARTS) is 1. The van der Waals surface area contributed by atoms with Crippen molar-refractivity contribution in [1.82, 2.24) is 20.2 Å². The maximum absolute atomic E-state index is 10.8. The molecule has 0 aliphatic carbocycles. The van der Waals surface area contributed by atoms with E-state index in [9.17, 15) is 4.79 Å². The smallest absolute Gasteiger partial charge is 0.478 e. The van der Waals surface area contributed by atoms with Gasteiger partial charge in [0.2, 0.25) is 0 Å². The van der Waals surface area contributed by atoms with Crippen LogP contribution in [0.1, 0.15) is 29.3 Å². The molecule has 0 spiro atoms. The van der Waals surface area contributed by atoms with E-state index in [0.717, 1.165) is 11.5 Å². The molecule has 10 heteroatoms. The second-order valence-corrected chi connectivity index (χ2v) is 17.4. The molecule has 0 saturated heterocycles. The molecule has 2 aromatic heterocycles. The van der Waals surface area contributed by atoms with Crippen molar-refractivity contribution in [3.63, 3.8) is 0 Å². The van der Waals surface area contributed by atoms with Crippen LogP contribution >= 0.6 is 16.5 Å². The molecule has 63 heavy (non-hydrogen) atoms. The molecule has 0 aliphatic heterocycles. The van der Waals surface area contributed by atoms with E-state index >= 15 is 0 Å². The molecule has 0 bridgehead atoms. The number of para-hydroxylation sites is 2. The summed E-state index contributed by atoms with van der Waals surface area (Å²) in [5.41, 5.74) is 3.02. The van der Waals surface area contributed by atoms with Gasteiger partial charge in [-0.3, -0.25) is 10.1 Å². The van der Waals surface area contributed by atoms with Gasteiger partial charge in [0.05, 0.1) is 17.1 Å². The Kier molecular flexibility index (Phi) is 17.7. The van der Waals surface area contributed by atoms with E-state index in [1.165, 1.54) is 57.1 Å². The molecule has 0 saturated carbocycles. The summed E-state index contributed by atoms with van der Waals surface area (Å²) in [6, 6.07) is 71.3. The number of carboxylic acids is 1. The number of hydrogen-bond acceptors (Lipinski definition) is 5. The van der Waals surface area contributed by atoms with Gasteiger partial charge in [0.15, 0.2) is 0 Å². The first-order valence-electron chi connectivity index (χ1n) is 20.3. The third kappa shape index (κ3) is 13.2. The zero-order valence-electron chi connectivity index (χ0n) is 34.5. The van der Waals surface area contributed by atoms with Crippen molar-refractivity contribution in [2.75, 3.05) is 0 Å². The molecule has 7 aromatic carbocycles. The SMILES string of the molecule is CCCc1ccccc1.O=C(O)c1ccc(-c2n[n-]c(-c3ccccn3)n2)cc1.[Cu+].c1ccc(Pc2ccccc2Oc2ccccc2P(c2ccccc2)c2ccccc2)cc1. The average molecular weight is 911 g/mol. The van der Waals surface area contributed by atoms with Gasteiger partial charge in [0.1, 0.15) is 11.5 Å². The van der Waals surface area contributed by atoms with Gasteiger partial charge in [-0.25, -0.2) is 4.79 Å². The number of pyridine rings is 1. The van der Waals surface area contributed by atoms with Gasteiger partial charge < -0.3 is 19.9 Å². The van der Waals surface area contributed by atoms with E-state index in [1.54, 1.807) is 24.4 Å². The summed E-state index contributed by atoms with van der Waals surface area (Å²) in [5, 5.41) is 23.2. The molecule has 0 radical (unpaired) electrons. The Labute approximate surface area is 382 Å². The van der Waals surface area contributed by atoms with Crippen LogP contribution in [0.25, 0.3) is 22.9 Å². The first-order chi connectivity index (χ1) is 30.6. The van der Waals surface area contributed by atoms with Crippen molar-refractivity contribution in [3.8, 4) is 34.4 Å². The fourth-order valence-electron chi connectivity index (χ4n) is 6.42. The number of aryl methyl sites for hydroxylation is 1. The summed E-state index contributed by atoms with van der Waals surface area (Å²) in [6.45, 7) is 2.20. The Morgan fingerprint density at radius 1 is 0.635 bits per heavy atom. The number of benzene rings is 7. The van der Waals surface area contributed by atoms with E-state index in [1.807, 2.05) is 18.2 Å². The number of nitrogens with zero attached hydrogens (tertiary/aromatic N) is 4. The second kappa shape index (κ2) is 24.2. The van der Waals surface area contributed by atoms with Crippen LogP contribution in [0.15, 0.2) is 219 Å². The molecule has 0 amide bonds. The predicted molar refractivity (Wildman–Crippen MR) is 257 cm³/mol. The number of ether oxygens (including phenoxy) is 1. The molecular weight excluding hydrogens is 866 g/mol. The van der Waals surface area contributed by atoms with Gasteiger partial charge in [0.25, 0.3) is 0 Å². The van der Waals surface area contributed by atoms with E-state index < -0.39 is 13.9 Å². The quantitative estimate of drug-likeness (QED) is 0.0963. The first-order valence-corrected chi connectivity index (χ1v) is 22.6. The summed E-state index contributed by atoms with van der Waals surface area (Å²) in [7, 11) is -0.199. The molecule has 1 N–H and O–H groups in total. The van der Waals surface area contributed by atoms with E-state index in [0.29, 0.717) is 31.5 Å². The van der Waals surface area contributed by atoms with Crippen LogP contribution in [0.5, 0.6) is 11.5 Å². The second-order valence-electron chi connectivity index (χ2n) is 13.9. The Bertz CT molecular complexity index is 2690. The first kappa shape index (κ1) is 46.0. The number of rotatable bonds is 12. The van der Waals surface area contributed by atoms with Gasteiger partial charge in [-0.1, -0.05) is 198 Å². The number of hydrogen-bond donors (Lipinski definition) is 1. The van der Waals surface area contributed by atoms with Gasteiger partial charge in [-0.05, 0) is 83.6 Å². The van der Waals surface area contributed by atoms with Crippen LogP contribution in [-0.4, -0.2) is 26.1 Å². The van der Waals surface area contributed by atoms with Crippen LogP contribution in [0, 0.1) is 0 Å². The topological polar surface area (TPSA) is 99.3 Å². The fraction of sp³-hybridized carbons (Fsp3) is 0.0566. The van der Waals surface area contributed by atoms with Crippen molar-refractivity contribution >= 4 is 49.0 Å². The van der Waals surface area contributed by atoms with E-state index in [-0.39, 0.29) is 22.6 Å². The maximum atomic E-state index is 10.8. The Morgan fingerprint density at radius 3 is 1.79 bits per heavy atom. The minimum Gasteiger partial charge on any atom is -0.478 e. The van der Waals surface area contributed by atoms with Crippen LogP contribution in [0.3, 0.4) is 0 Å². The van der Waals surface area contributed by atoms with Crippen molar-refractivity contribution in [2.24, 2.45) is 0 Å². The fourth-order valence-corrected chi connectivity index (χ4v) is 9.90. The normalized spacial score (nSPS) is 10.5. The van der Waals surface area contributed by atoms with E-state index in [2.05, 4.69) is 191 Å². The Balaban J connectivity index is 0.000000186. The van der Waals surface area contributed by atoms with Crippen molar-refractivity contribution in [1.29, 1.82) is 0 Å². The number of carbonyl (C=O) groups is 1. The molecular formula is C53H45CuN4O3P2. The Hall–Kier alpha value is -6.52. The zero-order chi connectivity index (χ0) is 42.8. The van der Waals surface area contributed by atoms with Gasteiger partial charge in [0, 0.05) is 16.8 Å². The molecule has 2 heterocycles. The molecule has 1 atom stereocenters. The summed E-state index contributed by atoms with van der Waals surface area (Å²) >= 11 is 0. The predicted octanol–water partition coefficient (Wildman–Crippen LogP) is 10.4. The third-order valence-electron chi connectivity index (χ3n) is 9.41. The van der Waals surface area contributed by atoms with Crippen LogP contribution < -0.4 is 36.4 Å². The van der Waals surface area contributed by atoms with Crippen LogP contribution in [0.4, 0.5) is 0 Å². The largest absolute Gasteiger partial charge is 1.00 e. The minimum atomic E-state index is -0.965. The molecule has 0 fully saturated rings. The Morgan fingerprint density at radius 2 is 1.19 bits per heavy atom. The molecule has 1 unspecified atom stereocenters. The average Bonchev–Trinajstić information content (AvgIpc) is 3.84. The molecule has 9 rings (SSSR count). The van der Waals surface area contributed by atoms with Gasteiger partial charge in [-0.15, -0.1) is 0 Å². The van der Waals surface area contributed by atoms with Crippen molar-refractivity contribution < 1.29 is 31.7 Å². The number of aromatic carboxylic acids is 1. The molecule has 9 aromatic rings. The van der Waals surface area contributed by atoms with Crippen LogP contribution in [0.2, 0.25) is 0 Å². The van der Waals surface area contributed by atoms with Gasteiger partial charge in [-0.2, -0.15) is 0 Å². The summed E-state index contributed by atoms with van der Waals surface area (Å²) in [4.78, 5) is 19.2. The summed E-state index contributed by atoms with van der Waals surface area (Å²) in [5.74, 6) is 1.77. The molecule has 7 nitrogen and oxygen atoms in total. The summed E-state index contributed by atoms with van der Waals surface area (Å²) in [6.07, 6.45) is 4.11. The van der Waals surface area contributed by atoms with Crippen LogP contribution in [-0.2, 0) is 23.5 Å². The van der Waals surface area contributed by atoms with Crippen molar-refractivity contribution in [2.45, 2.75) is 19.8 Å².